The van der Waals surface area contributed by atoms with E-state index in [4.69, 9.17) is 14.2 Å². The molecule has 1 fully saturated rings. The van der Waals surface area contributed by atoms with Gasteiger partial charge in [0.15, 0.2) is 6.29 Å². The van der Waals surface area contributed by atoms with Crippen LogP contribution in [0.4, 0.5) is 0 Å². The monoisotopic (exact) mass is 328 g/mol. The molecule has 0 aromatic carbocycles. The summed E-state index contributed by atoms with van der Waals surface area (Å²) >= 11 is 0. The summed E-state index contributed by atoms with van der Waals surface area (Å²) in [4.78, 5) is 12.4. The van der Waals surface area contributed by atoms with Crippen molar-refractivity contribution in [3.63, 3.8) is 0 Å². The molecule has 0 aliphatic carbocycles. The number of ether oxygens (including phenoxy) is 3. The summed E-state index contributed by atoms with van der Waals surface area (Å²) in [5, 5.41) is 0. The number of carbonyl (C=O) groups is 1. The highest BCUT2D eigenvalue weighted by Crippen LogP contribution is 2.43. The van der Waals surface area contributed by atoms with Crippen LogP contribution in [0.15, 0.2) is 11.3 Å². The lowest BCUT2D eigenvalue weighted by atomic mass is 10.3. The molecule has 5 heteroatoms. The lowest BCUT2D eigenvalue weighted by molar-refractivity contribution is -0.142. The van der Waals surface area contributed by atoms with Crippen LogP contribution >= 0.6 is 0 Å². The van der Waals surface area contributed by atoms with E-state index in [0.29, 0.717) is 42.0 Å². The third-order valence-corrected chi connectivity index (χ3v) is 11.6. The van der Waals surface area contributed by atoms with Gasteiger partial charge in [0.25, 0.3) is 0 Å². The van der Waals surface area contributed by atoms with Crippen LogP contribution < -0.4 is 0 Å². The van der Waals surface area contributed by atoms with Gasteiger partial charge >= 0.3 is 5.97 Å². The third kappa shape index (κ3) is 4.00. The zero-order valence-electron chi connectivity index (χ0n) is 15.1. The highest BCUT2D eigenvalue weighted by atomic mass is 28.3. The molecular formula is C17H32O4Si. The normalized spacial score (nSPS) is 17.8. The first-order chi connectivity index (χ1) is 10.3. The Morgan fingerprint density at radius 3 is 1.91 bits per heavy atom. The Labute approximate surface area is 136 Å². The van der Waals surface area contributed by atoms with Gasteiger partial charge in [-0.15, -0.1) is 0 Å². The molecule has 128 valence electrons. The van der Waals surface area contributed by atoms with Gasteiger partial charge in [-0.1, -0.05) is 47.2 Å². The number of rotatable bonds is 7. The van der Waals surface area contributed by atoms with Crippen molar-refractivity contribution in [2.75, 3.05) is 19.8 Å². The number of carbonyl (C=O) groups excluding carboxylic acids is 1. The average molecular weight is 329 g/mol. The van der Waals surface area contributed by atoms with E-state index < -0.39 is 14.4 Å². The summed E-state index contributed by atoms with van der Waals surface area (Å²) in [6, 6.07) is 0. The van der Waals surface area contributed by atoms with Crippen molar-refractivity contribution in [3.8, 4) is 0 Å². The first kappa shape index (κ1) is 19.4. The highest BCUT2D eigenvalue weighted by molar-refractivity contribution is 6.88. The summed E-state index contributed by atoms with van der Waals surface area (Å²) in [5.74, 6) is -0.298. The van der Waals surface area contributed by atoms with Crippen LogP contribution in [-0.4, -0.2) is 40.2 Å². The molecule has 0 saturated carbocycles. The minimum atomic E-state index is -1.87. The Bertz CT molecular complexity index is 374. The summed E-state index contributed by atoms with van der Waals surface area (Å²) in [6.45, 7) is 16.8. The molecule has 1 heterocycles. The van der Waals surface area contributed by atoms with E-state index in [-0.39, 0.29) is 5.97 Å². The number of esters is 1. The van der Waals surface area contributed by atoms with Gasteiger partial charge in [0.1, 0.15) is 0 Å². The molecule has 4 nitrogen and oxygen atoms in total. The molecule has 0 bridgehead atoms. The van der Waals surface area contributed by atoms with E-state index >= 15 is 0 Å². The Morgan fingerprint density at radius 2 is 1.55 bits per heavy atom. The predicted octanol–water partition coefficient (Wildman–Crippen LogP) is 4.07. The van der Waals surface area contributed by atoms with E-state index in [1.807, 2.05) is 6.92 Å². The first-order valence-corrected chi connectivity index (χ1v) is 10.7. The van der Waals surface area contributed by atoms with Crippen LogP contribution in [-0.2, 0) is 19.0 Å². The smallest absolute Gasteiger partial charge is 0.338 e. The van der Waals surface area contributed by atoms with Crippen molar-refractivity contribution in [1.82, 2.24) is 0 Å². The maximum absolute atomic E-state index is 12.4. The maximum atomic E-state index is 12.4. The molecule has 0 N–H and O–H groups in total. The molecule has 1 aliphatic rings. The summed E-state index contributed by atoms with van der Waals surface area (Å²) in [5.41, 5.74) is 4.36. The second kappa shape index (κ2) is 8.27. The lowest BCUT2D eigenvalue weighted by Gasteiger charge is -2.41. The Hall–Kier alpha value is -0.653. The Balaban J connectivity index is 3.33. The Kier molecular flexibility index (Phi) is 7.29. The van der Waals surface area contributed by atoms with Gasteiger partial charge in [-0.25, -0.2) is 4.79 Å². The van der Waals surface area contributed by atoms with Gasteiger partial charge in [-0.2, -0.15) is 0 Å². The standard InChI is InChI=1S/C17H32O4Si/c1-8-19-16(18)15(17-20-9-10-21-17)11-22(12(2)3,13(4)5)14(6)7/h11-14,17H,8-10H2,1-7H3/b15-11+. The average Bonchev–Trinajstić information content (AvgIpc) is 2.92. The van der Waals surface area contributed by atoms with Gasteiger partial charge in [-0.3, -0.25) is 0 Å². The predicted molar refractivity (Wildman–Crippen MR) is 91.5 cm³/mol. The zero-order chi connectivity index (χ0) is 16.9. The van der Waals surface area contributed by atoms with Gasteiger partial charge in [0.05, 0.1) is 33.5 Å². The van der Waals surface area contributed by atoms with Gasteiger partial charge in [-0.05, 0) is 23.5 Å². The molecule has 0 spiro atoms. The molecule has 0 radical (unpaired) electrons. The van der Waals surface area contributed by atoms with E-state index in [1.54, 1.807) is 0 Å². The van der Waals surface area contributed by atoms with Gasteiger partial charge in [0, 0.05) is 0 Å². The number of hydrogen-bond donors (Lipinski definition) is 0. The van der Waals surface area contributed by atoms with E-state index in [0.717, 1.165) is 0 Å². The largest absolute Gasteiger partial charge is 0.463 e. The quantitative estimate of drug-likeness (QED) is 0.401. The van der Waals surface area contributed by atoms with Gasteiger partial charge < -0.3 is 14.2 Å². The van der Waals surface area contributed by atoms with Crippen molar-refractivity contribution in [2.45, 2.75) is 71.4 Å². The van der Waals surface area contributed by atoms with Crippen molar-refractivity contribution in [2.24, 2.45) is 0 Å². The summed E-state index contributed by atoms with van der Waals surface area (Å²) in [7, 11) is -1.87. The number of hydrogen-bond acceptors (Lipinski definition) is 4. The van der Waals surface area contributed by atoms with Gasteiger partial charge in [0.2, 0.25) is 0 Å². The van der Waals surface area contributed by atoms with Crippen molar-refractivity contribution >= 4 is 14.0 Å². The molecule has 1 rings (SSSR count). The summed E-state index contributed by atoms with van der Waals surface area (Å²) in [6.07, 6.45) is -0.567. The van der Waals surface area contributed by atoms with E-state index in [2.05, 4.69) is 47.2 Å². The van der Waals surface area contributed by atoms with Crippen LogP contribution in [0, 0.1) is 0 Å². The lowest BCUT2D eigenvalue weighted by Crippen LogP contribution is -2.44. The molecule has 0 amide bonds. The van der Waals surface area contributed by atoms with Crippen LogP contribution in [0.5, 0.6) is 0 Å². The van der Waals surface area contributed by atoms with E-state index in [1.165, 1.54) is 0 Å². The minimum Gasteiger partial charge on any atom is -0.463 e. The van der Waals surface area contributed by atoms with Crippen molar-refractivity contribution in [3.05, 3.63) is 11.3 Å². The van der Waals surface area contributed by atoms with Crippen LogP contribution in [0.1, 0.15) is 48.5 Å². The van der Waals surface area contributed by atoms with Crippen LogP contribution in [0.3, 0.4) is 0 Å². The molecule has 0 aromatic rings. The van der Waals surface area contributed by atoms with Crippen LogP contribution in [0.25, 0.3) is 0 Å². The van der Waals surface area contributed by atoms with Crippen molar-refractivity contribution < 1.29 is 19.0 Å². The fourth-order valence-electron chi connectivity index (χ4n) is 3.74. The van der Waals surface area contributed by atoms with E-state index in [9.17, 15) is 4.79 Å². The summed E-state index contributed by atoms with van der Waals surface area (Å²) < 4.78 is 16.5. The minimum absolute atomic E-state index is 0.298. The first-order valence-electron chi connectivity index (χ1n) is 8.40. The fraction of sp³-hybridized carbons (Fsp3) is 0.824. The molecule has 0 unspecified atom stereocenters. The SMILES string of the molecule is CCOC(=O)/C(=C\[Si](C(C)C)(C(C)C)C(C)C)C1OCCO1. The molecule has 22 heavy (non-hydrogen) atoms. The molecule has 0 aromatic heterocycles. The topological polar surface area (TPSA) is 44.8 Å². The molecular weight excluding hydrogens is 296 g/mol. The molecule has 1 saturated heterocycles. The van der Waals surface area contributed by atoms with Crippen molar-refractivity contribution in [1.29, 1.82) is 0 Å². The van der Waals surface area contributed by atoms with Crippen LogP contribution in [0.2, 0.25) is 16.6 Å². The second-order valence-corrected chi connectivity index (χ2v) is 12.6. The maximum Gasteiger partial charge on any atom is 0.338 e. The second-order valence-electron chi connectivity index (χ2n) is 6.86. The fourth-order valence-corrected chi connectivity index (χ4v) is 9.54. The highest BCUT2D eigenvalue weighted by Gasteiger charge is 2.43. The zero-order valence-corrected chi connectivity index (χ0v) is 16.1. The third-order valence-electron chi connectivity index (χ3n) is 4.79. The molecule has 1 aliphatic heterocycles. The Morgan fingerprint density at radius 1 is 1.09 bits per heavy atom. The molecule has 0 atom stereocenters.